The molecular formula is C23H21N3O. The van der Waals surface area contributed by atoms with E-state index in [2.05, 4.69) is 39.6 Å². The number of ketones is 1. The van der Waals surface area contributed by atoms with Crippen LogP contribution in [0.3, 0.4) is 0 Å². The van der Waals surface area contributed by atoms with Crippen LogP contribution in [0.15, 0.2) is 66.7 Å². The molecule has 1 aromatic heterocycles. The number of aromatic nitrogens is 2. The molecule has 1 aliphatic rings. The predicted octanol–water partition coefficient (Wildman–Crippen LogP) is 4.99. The van der Waals surface area contributed by atoms with Gasteiger partial charge in [0.25, 0.3) is 0 Å². The van der Waals surface area contributed by atoms with Crippen LogP contribution < -0.4 is 5.32 Å². The van der Waals surface area contributed by atoms with Crippen LogP contribution in [0.5, 0.6) is 0 Å². The topological polar surface area (TPSA) is 54.9 Å². The first-order chi connectivity index (χ1) is 13.2. The lowest BCUT2D eigenvalue weighted by atomic mass is 9.85. The lowest BCUT2D eigenvalue weighted by Gasteiger charge is -2.22. The first-order valence-corrected chi connectivity index (χ1v) is 9.15. The first-order valence-electron chi connectivity index (χ1n) is 9.15. The van der Waals surface area contributed by atoms with Crippen LogP contribution in [0.25, 0.3) is 6.08 Å². The minimum absolute atomic E-state index is 0.128. The van der Waals surface area contributed by atoms with Crippen molar-refractivity contribution in [1.82, 2.24) is 9.97 Å². The van der Waals surface area contributed by atoms with Gasteiger partial charge in [0.15, 0.2) is 5.78 Å². The maximum absolute atomic E-state index is 12.7. The molecule has 3 aromatic rings. The highest BCUT2D eigenvalue weighted by Crippen LogP contribution is 2.28. The lowest BCUT2D eigenvalue weighted by molar-refractivity contribution is 0.0957. The van der Waals surface area contributed by atoms with Gasteiger partial charge in [-0.1, -0.05) is 60.7 Å². The fourth-order valence-corrected chi connectivity index (χ4v) is 3.46. The molecule has 4 heteroatoms. The third-order valence-corrected chi connectivity index (χ3v) is 4.74. The minimum atomic E-state index is 0.128. The van der Waals surface area contributed by atoms with Gasteiger partial charge in [0.1, 0.15) is 0 Å². The van der Waals surface area contributed by atoms with Gasteiger partial charge < -0.3 is 5.32 Å². The summed E-state index contributed by atoms with van der Waals surface area (Å²) in [6, 6.07) is 20.0. The maximum atomic E-state index is 12.7. The molecule has 134 valence electrons. The molecule has 0 bridgehead atoms. The van der Waals surface area contributed by atoms with E-state index in [0.29, 0.717) is 17.9 Å². The number of Topliss-reactive ketones (excluding diaryl/α,β-unsaturated/α-hetero) is 1. The monoisotopic (exact) mass is 355 g/mol. The molecule has 1 aliphatic carbocycles. The molecule has 0 saturated carbocycles. The molecule has 0 aliphatic heterocycles. The maximum Gasteiger partial charge on any atom is 0.227 e. The summed E-state index contributed by atoms with van der Waals surface area (Å²) in [6.07, 6.45) is 5.46. The molecule has 0 saturated heterocycles. The molecule has 1 heterocycles. The van der Waals surface area contributed by atoms with Crippen LogP contribution in [0, 0.1) is 12.8 Å². The number of anilines is 2. The van der Waals surface area contributed by atoms with Gasteiger partial charge in [0.2, 0.25) is 5.95 Å². The quantitative estimate of drug-likeness (QED) is 0.716. The number of nitrogens with zero attached hydrogens (tertiary/aromatic N) is 2. The van der Waals surface area contributed by atoms with E-state index in [0.717, 1.165) is 29.1 Å². The van der Waals surface area contributed by atoms with Crippen molar-refractivity contribution >= 4 is 23.5 Å². The number of hydrogen-bond acceptors (Lipinski definition) is 4. The number of aryl methyl sites for hydroxylation is 1. The van der Waals surface area contributed by atoms with Gasteiger partial charge in [-0.05, 0) is 37.0 Å². The van der Waals surface area contributed by atoms with Crippen LogP contribution in [-0.2, 0) is 6.42 Å². The third kappa shape index (κ3) is 3.95. The van der Waals surface area contributed by atoms with Gasteiger partial charge in [0.05, 0.1) is 17.0 Å². The van der Waals surface area contributed by atoms with Gasteiger partial charge in [-0.15, -0.1) is 0 Å². The molecule has 1 N–H and O–H groups in total. The smallest absolute Gasteiger partial charge is 0.227 e. The van der Waals surface area contributed by atoms with Crippen molar-refractivity contribution in [2.24, 2.45) is 5.92 Å². The summed E-state index contributed by atoms with van der Waals surface area (Å²) in [7, 11) is 0. The van der Waals surface area contributed by atoms with Crippen molar-refractivity contribution in [3.63, 3.8) is 0 Å². The molecule has 0 radical (unpaired) electrons. The Morgan fingerprint density at radius 3 is 2.41 bits per heavy atom. The molecular weight excluding hydrogens is 334 g/mol. The van der Waals surface area contributed by atoms with Crippen molar-refractivity contribution in [3.05, 3.63) is 89.3 Å². The second-order valence-corrected chi connectivity index (χ2v) is 6.81. The number of allylic oxidation sites excluding steroid dienone is 1. The normalized spacial score (nSPS) is 16.3. The molecule has 0 amide bonds. The van der Waals surface area contributed by atoms with E-state index in [1.807, 2.05) is 55.5 Å². The zero-order chi connectivity index (χ0) is 18.6. The highest BCUT2D eigenvalue weighted by atomic mass is 16.1. The SMILES string of the molecule is Cc1nc(Nc2ccccc2)nc2c1C(=O)CC(/C=C/c1ccccc1)C2. The minimum Gasteiger partial charge on any atom is -0.324 e. The van der Waals surface area contributed by atoms with E-state index < -0.39 is 0 Å². The number of rotatable bonds is 4. The Hall–Kier alpha value is -3.27. The average Bonchev–Trinajstić information content (AvgIpc) is 2.67. The highest BCUT2D eigenvalue weighted by molar-refractivity contribution is 5.99. The van der Waals surface area contributed by atoms with Crippen molar-refractivity contribution in [3.8, 4) is 0 Å². The fraction of sp³-hybridized carbons (Fsp3) is 0.174. The van der Waals surface area contributed by atoms with Gasteiger partial charge in [0, 0.05) is 12.1 Å². The molecule has 0 fully saturated rings. The van der Waals surface area contributed by atoms with Crippen molar-refractivity contribution in [2.75, 3.05) is 5.32 Å². The van der Waals surface area contributed by atoms with E-state index in [1.54, 1.807) is 0 Å². The Morgan fingerprint density at radius 2 is 1.67 bits per heavy atom. The largest absolute Gasteiger partial charge is 0.324 e. The number of fused-ring (bicyclic) bond motifs is 1. The zero-order valence-electron chi connectivity index (χ0n) is 15.2. The highest BCUT2D eigenvalue weighted by Gasteiger charge is 2.27. The Kier molecular flexibility index (Phi) is 4.79. The van der Waals surface area contributed by atoms with Crippen LogP contribution in [-0.4, -0.2) is 15.8 Å². The van der Waals surface area contributed by atoms with Crippen LogP contribution in [0.1, 0.15) is 33.7 Å². The number of hydrogen-bond donors (Lipinski definition) is 1. The third-order valence-electron chi connectivity index (χ3n) is 4.74. The Balaban J connectivity index is 1.58. The van der Waals surface area contributed by atoms with E-state index in [9.17, 15) is 4.79 Å². The van der Waals surface area contributed by atoms with E-state index in [-0.39, 0.29) is 11.7 Å². The Labute approximate surface area is 159 Å². The summed E-state index contributed by atoms with van der Waals surface area (Å²) in [5, 5.41) is 3.23. The molecule has 4 nitrogen and oxygen atoms in total. The summed E-state index contributed by atoms with van der Waals surface area (Å²) in [5.74, 6) is 0.824. The summed E-state index contributed by atoms with van der Waals surface area (Å²) in [6.45, 7) is 1.88. The number of benzene rings is 2. The zero-order valence-corrected chi connectivity index (χ0v) is 15.2. The molecule has 4 rings (SSSR count). The van der Waals surface area contributed by atoms with E-state index in [4.69, 9.17) is 0 Å². The Bertz CT molecular complexity index is 981. The van der Waals surface area contributed by atoms with Gasteiger partial charge in [-0.25, -0.2) is 9.97 Å². The second-order valence-electron chi connectivity index (χ2n) is 6.81. The molecule has 0 spiro atoms. The Morgan fingerprint density at radius 1 is 0.963 bits per heavy atom. The fourth-order valence-electron chi connectivity index (χ4n) is 3.46. The molecule has 1 atom stereocenters. The second kappa shape index (κ2) is 7.54. The van der Waals surface area contributed by atoms with Gasteiger partial charge in [-0.2, -0.15) is 0 Å². The molecule has 2 aromatic carbocycles. The summed E-state index contributed by atoms with van der Waals surface area (Å²) >= 11 is 0. The van der Waals surface area contributed by atoms with Gasteiger partial charge >= 0.3 is 0 Å². The van der Waals surface area contributed by atoms with Crippen LogP contribution >= 0.6 is 0 Å². The number of carbonyl (C=O) groups is 1. The number of para-hydroxylation sites is 1. The van der Waals surface area contributed by atoms with Crippen molar-refractivity contribution < 1.29 is 4.79 Å². The lowest BCUT2D eigenvalue weighted by Crippen LogP contribution is -2.22. The molecule has 27 heavy (non-hydrogen) atoms. The molecule has 1 unspecified atom stereocenters. The first kappa shape index (κ1) is 17.2. The van der Waals surface area contributed by atoms with Crippen LogP contribution in [0.2, 0.25) is 0 Å². The summed E-state index contributed by atoms with van der Waals surface area (Å²) in [4.78, 5) is 21.8. The van der Waals surface area contributed by atoms with Crippen molar-refractivity contribution in [1.29, 1.82) is 0 Å². The van der Waals surface area contributed by atoms with Gasteiger partial charge in [-0.3, -0.25) is 4.79 Å². The average molecular weight is 355 g/mol. The standard InChI is InChI=1S/C23H21N3O/c1-16-22-20(26-23(24-16)25-19-10-6-3-7-11-19)14-18(15-21(22)27)13-12-17-8-4-2-5-9-17/h2-13,18H,14-15H2,1H3,(H,24,25,26)/b13-12+. The number of carbonyl (C=O) groups excluding carboxylic acids is 1. The summed E-state index contributed by atoms with van der Waals surface area (Å²) < 4.78 is 0. The van der Waals surface area contributed by atoms with E-state index in [1.165, 1.54) is 0 Å². The van der Waals surface area contributed by atoms with Crippen molar-refractivity contribution in [2.45, 2.75) is 19.8 Å². The van der Waals surface area contributed by atoms with Crippen LogP contribution in [0.4, 0.5) is 11.6 Å². The predicted molar refractivity (Wildman–Crippen MR) is 108 cm³/mol. The number of nitrogens with one attached hydrogen (secondary N) is 1. The van der Waals surface area contributed by atoms with E-state index >= 15 is 0 Å². The summed E-state index contributed by atoms with van der Waals surface area (Å²) in [5.41, 5.74) is 4.34.